The molecule has 0 rings (SSSR count). The van der Waals surface area contributed by atoms with Crippen molar-refractivity contribution in [2.24, 2.45) is 0 Å². The first-order chi connectivity index (χ1) is 6.93. The SMILES string of the molecule is C=CCN(CC=C)OC(C)=O.CC(=O)O. The zero-order chi connectivity index (χ0) is 12.3. The molecule has 0 aliphatic rings. The van der Waals surface area contributed by atoms with Crippen molar-refractivity contribution in [3.8, 4) is 0 Å². The predicted octanol–water partition coefficient (Wildman–Crippen LogP) is 1.23. The summed E-state index contributed by atoms with van der Waals surface area (Å²) in [6, 6.07) is 0. The van der Waals surface area contributed by atoms with Crippen molar-refractivity contribution < 1.29 is 19.5 Å². The van der Waals surface area contributed by atoms with Crippen LogP contribution >= 0.6 is 0 Å². The van der Waals surface area contributed by atoms with Gasteiger partial charge in [-0.05, 0) is 0 Å². The molecule has 0 aromatic rings. The molecular weight excluding hydrogens is 198 g/mol. The first-order valence-electron chi connectivity index (χ1n) is 4.28. The van der Waals surface area contributed by atoms with Crippen molar-refractivity contribution >= 4 is 11.9 Å². The Morgan fingerprint density at radius 1 is 1.27 bits per heavy atom. The van der Waals surface area contributed by atoms with Crippen LogP contribution in [0.4, 0.5) is 0 Å². The lowest BCUT2D eigenvalue weighted by Crippen LogP contribution is -2.26. The fourth-order valence-electron chi connectivity index (χ4n) is 0.619. The number of hydrogen-bond acceptors (Lipinski definition) is 4. The quantitative estimate of drug-likeness (QED) is 0.552. The Morgan fingerprint density at radius 2 is 1.60 bits per heavy atom. The van der Waals surface area contributed by atoms with E-state index in [9.17, 15) is 4.79 Å². The van der Waals surface area contributed by atoms with Gasteiger partial charge < -0.3 is 9.94 Å². The molecule has 0 aliphatic carbocycles. The fourth-order valence-corrected chi connectivity index (χ4v) is 0.619. The molecule has 0 unspecified atom stereocenters. The second kappa shape index (κ2) is 10.5. The zero-order valence-electron chi connectivity index (χ0n) is 9.10. The van der Waals surface area contributed by atoms with Crippen LogP contribution in [0.15, 0.2) is 25.3 Å². The fraction of sp³-hybridized carbons (Fsp3) is 0.400. The summed E-state index contributed by atoms with van der Waals surface area (Å²) in [6.07, 6.45) is 3.32. The van der Waals surface area contributed by atoms with Gasteiger partial charge in [0.05, 0.1) is 13.1 Å². The molecule has 5 heteroatoms. The van der Waals surface area contributed by atoms with Gasteiger partial charge >= 0.3 is 5.97 Å². The van der Waals surface area contributed by atoms with Gasteiger partial charge in [-0.15, -0.1) is 18.2 Å². The van der Waals surface area contributed by atoms with Crippen LogP contribution in [0.25, 0.3) is 0 Å². The van der Waals surface area contributed by atoms with E-state index in [0.29, 0.717) is 13.1 Å². The van der Waals surface area contributed by atoms with Gasteiger partial charge in [0.15, 0.2) is 0 Å². The summed E-state index contributed by atoms with van der Waals surface area (Å²) in [5, 5.41) is 8.89. The van der Waals surface area contributed by atoms with E-state index < -0.39 is 5.97 Å². The highest BCUT2D eigenvalue weighted by atomic mass is 16.7. The van der Waals surface area contributed by atoms with Crippen LogP contribution in [0.3, 0.4) is 0 Å². The molecule has 0 spiro atoms. The van der Waals surface area contributed by atoms with Crippen molar-refractivity contribution in [3.05, 3.63) is 25.3 Å². The van der Waals surface area contributed by atoms with Crippen molar-refractivity contribution in [2.45, 2.75) is 13.8 Å². The van der Waals surface area contributed by atoms with E-state index in [2.05, 4.69) is 13.2 Å². The normalized spacial score (nSPS) is 8.47. The van der Waals surface area contributed by atoms with Crippen LogP contribution in [-0.2, 0) is 14.4 Å². The van der Waals surface area contributed by atoms with E-state index in [4.69, 9.17) is 14.7 Å². The summed E-state index contributed by atoms with van der Waals surface area (Å²) in [4.78, 5) is 24.3. The van der Waals surface area contributed by atoms with E-state index in [1.165, 1.54) is 12.0 Å². The number of aliphatic carboxylic acids is 1. The largest absolute Gasteiger partial charge is 0.481 e. The van der Waals surface area contributed by atoms with Crippen molar-refractivity contribution in [1.29, 1.82) is 0 Å². The van der Waals surface area contributed by atoms with Gasteiger partial charge in [-0.2, -0.15) is 0 Å². The molecular formula is C10H17NO4. The minimum Gasteiger partial charge on any atom is -0.481 e. The van der Waals surface area contributed by atoms with Crippen LogP contribution in [-0.4, -0.2) is 35.2 Å². The molecule has 0 radical (unpaired) electrons. The highest BCUT2D eigenvalue weighted by Gasteiger charge is 2.02. The average Bonchev–Trinajstić information content (AvgIpc) is 2.02. The number of carboxylic acid groups (broad SMARTS) is 1. The molecule has 0 aromatic carbocycles. The molecule has 0 aromatic heterocycles. The number of carboxylic acids is 1. The maximum absolute atomic E-state index is 10.5. The lowest BCUT2D eigenvalue weighted by Gasteiger charge is -2.15. The summed E-state index contributed by atoms with van der Waals surface area (Å²) in [6.45, 7) is 10.5. The van der Waals surface area contributed by atoms with Gasteiger partial charge in [-0.1, -0.05) is 12.2 Å². The summed E-state index contributed by atoms with van der Waals surface area (Å²) >= 11 is 0. The Bertz CT molecular complexity index is 211. The summed E-state index contributed by atoms with van der Waals surface area (Å²) in [5.74, 6) is -1.16. The molecule has 15 heavy (non-hydrogen) atoms. The summed E-state index contributed by atoms with van der Waals surface area (Å²) < 4.78 is 0. The van der Waals surface area contributed by atoms with E-state index >= 15 is 0 Å². The second-order valence-corrected chi connectivity index (χ2v) is 2.53. The van der Waals surface area contributed by atoms with E-state index in [1.807, 2.05) is 0 Å². The van der Waals surface area contributed by atoms with Gasteiger partial charge in [-0.3, -0.25) is 9.59 Å². The Hall–Kier alpha value is -1.62. The molecule has 0 amide bonds. The van der Waals surface area contributed by atoms with Crippen molar-refractivity contribution in [2.75, 3.05) is 13.1 Å². The molecule has 0 aliphatic heterocycles. The highest BCUT2D eigenvalue weighted by Crippen LogP contribution is 1.91. The van der Waals surface area contributed by atoms with Crippen LogP contribution in [0.1, 0.15) is 13.8 Å². The van der Waals surface area contributed by atoms with Crippen LogP contribution < -0.4 is 0 Å². The number of nitrogens with zero attached hydrogens (tertiary/aromatic N) is 1. The summed E-state index contributed by atoms with van der Waals surface area (Å²) in [7, 11) is 0. The number of carbonyl (C=O) groups excluding carboxylic acids is 1. The Labute approximate surface area is 89.6 Å². The maximum Gasteiger partial charge on any atom is 0.322 e. The molecule has 1 N–H and O–H groups in total. The van der Waals surface area contributed by atoms with Crippen molar-refractivity contribution in [3.63, 3.8) is 0 Å². The van der Waals surface area contributed by atoms with Crippen LogP contribution in [0, 0.1) is 0 Å². The monoisotopic (exact) mass is 215 g/mol. The number of hydrogen-bond donors (Lipinski definition) is 1. The van der Waals surface area contributed by atoms with E-state index in [-0.39, 0.29) is 5.97 Å². The standard InChI is InChI=1S/C8H13NO2.C2H4O2/c1-4-6-9(7-5-2)11-8(3)10;1-2(3)4/h4-5H,1-2,6-7H2,3H3;1H3,(H,3,4). The minimum atomic E-state index is -0.833. The lowest BCUT2D eigenvalue weighted by atomic mass is 10.5. The molecule has 0 saturated heterocycles. The molecule has 0 fully saturated rings. The first kappa shape index (κ1) is 15.8. The third-order valence-electron chi connectivity index (χ3n) is 0.923. The molecule has 0 atom stereocenters. The number of hydroxylamine groups is 2. The lowest BCUT2D eigenvalue weighted by molar-refractivity contribution is -0.182. The number of rotatable bonds is 5. The van der Waals surface area contributed by atoms with E-state index in [0.717, 1.165) is 6.92 Å². The molecule has 86 valence electrons. The van der Waals surface area contributed by atoms with Gasteiger partial charge in [0.1, 0.15) is 0 Å². The number of carbonyl (C=O) groups is 2. The third kappa shape index (κ3) is 19.0. The topological polar surface area (TPSA) is 66.8 Å². The highest BCUT2D eigenvalue weighted by molar-refractivity contribution is 5.65. The van der Waals surface area contributed by atoms with Gasteiger partial charge in [0.2, 0.25) is 0 Å². The van der Waals surface area contributed by atoms with Crippen LogP contribution in [0.5, 0.6) is 0 Å². The zero-order valence-corrected chi connectivity index (χ0v) is 9.10. The molecule has 0 bridgehead atoms. The first-order valence-corrected chi connectivity index (χ1v) is 4.28. The molecule has 5 nitrogen and oxygen atoms in total. The summed E-state index contributed by atoms with van der Waals surface area (Å²) in [5.41, 5.74) is 0. The Morgan fingerprint density at radius 3 is 1.80 bits per heavy atom. The molecule has 0 heterocycles. The third-order valence-corrected chi connectivity index (χ3v) is 0.923. The van der Waals surface area contributed by atoms with Gasteiger partial charge in [0, 0.05) is 13.8 Å². The Kier molecular flexibility index (Phi) is 11.0. The van der Waals surface area contributed by atoms with Gasteiger partial charge in [-0.25, -0.2) is 0 Å². The van der Waals surface area contributed by atoms with Gasteiger partial charge in [0.25, 0.3) is 5.97 Å². The molecule has 0 saturated carbocycles. The van der Waals surface area contributed by atoms with Crippen LogP contribution in [0.2, 0.25) is 0 Å². The average molecular weight is 215 g/mol. The maximum atomic E-state index is 10.5. The Balaban J connectivity index is 0. The predicted molar refractivity (Wildman–Crippen MR) is 57.0 cm³/mol. The second-order valence-electron chi connectivity index (χ2n) is 2.53. The minimum absolute atomic E-state index is 0.325. The van der Waals surface area contributed by atoms with Crippen molar-refractivity contribution in [1.82, 2.24) is 5.06 Å². The smallest absolute Gasteiger partial charge is 0.322 e. The van der Waals surface area contributed by atoms with E-state index in [1.54, 1.807) is 12.2 Å².